The van der Waals surface area contributed by atoms with Crippen LogP contribution in [0.15, 0.2) is 29.2 Å². The molecular weight excluding hydrogens is 386 g/mol. The van der Waals surface area contributed by atoms with Crippen LogP contribution in [0.25, 0.3) is 0 Å². The Labute approximate surface area is 168 Å². The highest BCUT2D eigenvalue weighted by Crippen LogP contribution is 2.26. The lowest BCUT2D eigenvalue weighted by atomic mass is 9.96. The molecule has 27 heavy (non-hydrogen) atoms. The van der Waals surface area contributed by atoms with Crippen LogP contribution in [0.1, 0.15) is 48.9 Å². The average Bonchev–Trinajstić information content (AvgIpc) is 3.21. The Bertz CT molecular complexity index is 727. The van der Waals surface area contributed by atoms with Crippen molar-refractivity contribution in [2.75, 3.05) is 27.2 Å². The molecule has 1 aromatic rings. The molecule has 152 valence electrons. The summed E-state index contributed by atoms with van der Waals surface area (Å²) in [4.78, 5) is 14.6. The zero-order valence-electron chi connectivity index (χ0n) is 16.1. The zero-order chi connectivity index (χ0) is 18.7. The van der Waals surface area contributed by atoms with Gasteiger partial charge in [-0.1, -0.05) is 19.3 Å². The van der Waals surface area contributed by atoms with Crippen molar-refractivity contribution >= 4 is 28.3 Å². The minimum atomic E-state index is -3.52. The van der Waals surface area contributed by atoms with Crippen LogP contribution >= 0.6 is 12.4 Å². The Morgan fingerprint density at radius 3 is 2.19 bits per heavy atom. The molecule has 1 aliphatic carbocycles. The molecule has 1 saturated heterocycles. The third-order valence-corrected chi connectivity index (χ3v) is 7.69. The first-order valence-electron chi connectivity index (χ1n) is 9.47. The van der Waals surface area contributed by atoms with E-state index in [1.807, 2.05) is 7.05 Å². The summed E-state index contributed by atoms with van der Waals surface area (Å²) in [5.74, 6) is -0.0664. The second-order valence-electron chi connectivity index (χ2n) is 7.40. The molecule has 0 spiro atoms. The minimum absolute atomic E-state index is 0. The van der Waals surface area contributed by atoms with Gasteiger partial charge in [0, 0.05) is 38.3 Å². The zero-order valence-corrected chi connectivity index (χ0v) is 17.7. The summed E-state index contributed by atoms with van der Waals surface area (Å²) in [6, 6.07) is 6.65. The van der Waals surface area contributed by atoms with Gasteiger partial charge in [-0.05, 0) is 50.1 Å². The number of amides is 1. The third kappa shape index (κ3) is 4.83. The van der Waals surface area contributed by atoms with Gasteiger partial charge in [0.15, 0.2) is 0 Å². The lowest BCUT2D eigenvalue weighted by Gasteiger charge is -2.30. The molecule has 1 amide bonds. The fourth-order valence-corrected chi connectivity index (χ4v) is 5.33. The molecule has 0 bridgehead atoms. The first-order valence-corrected chi connectivity index (χ1v) is 10.9. The van der Waals surface area contributed by atoms with Crippen molar-refractivity contribution in [3.05, 3.63) is 29.8 Å². The first-order chi connectivity index (χ1) is 12.4. The highest BCUT2D eigenvalue weighted by Gasteiger charge is 2.29. The molecule has 1 saturated carbocycles. The molecule has 1 unspecified atom stereocenters. The van der Waals surface area contributed by atoms with Crippen LogP contribution in [0.2, 0.25) is 0 Å². The van der Waals surface area contributed by atoms with Gasteiger partial charge in [-0.25, -0.2) is 8.42 Å². The Balaban J connectivity index is 0.00000261. The monoisotopic (exact) mass is 415 g/mol. The van der Waals surface area contributed by atoms with Crippen LogP contribution in [0.4, 0.5) is 0 Å². The topological polar surface area (TPSA) is 69.7 Å². The maximum Gasteiger partial charge on any atom is 0.253 e. The van der Waals surface area contributed by atoms with E-state index in [0.717, 1.165) is 45.2 Å². The van der Waals surface area contributed by atoms with Gasteiger partial charge in [0.05, 0.1) is 4.90 Å². The largest absolute Gasteiger partial charge is 0.337 e. The second kappa shape index (κ2) is 9.37. The summed E-state index contributed by atoms with van der Waals surface area (Å²) in [5.41, 5.74) is 0.527. The van der Waals surface area contributed by atoms with E-state index in [0.29, 0.717) is 5.56 Å². The van der Waals surface area contributed by atoms with Crippen LogP contribution in [-0.4, -0.2) is 62.8 Å². The lowest BCUT2D eigenvalue weighted by Crippen LogP contribution is -2.39. The van der Waals surface area contributed by atoms with Gasteiger partial charge >= 0.3 is 0 Å². The van der Waals surface area contributed by atoms with E-state index < -0.39 is 10.0 Å². The van der Waals surface area contributed by atoms with Crippen molar-refractivity contribution in [1.82, 2.24) is 14.5 Å². The summed E-state index contributed by atoms with van der Waals surface area (Å²) in [7, 11) is -0.0396. The molecule has 1 aliphatic heterocycles. The van der Waals surface area contributed by atoms with Crippen LogP contribution in [0.5, 0.6) is 0 Å². The quantitative estimate of drug-likeness (QED) is 0.802. The predicted molar refractivity (Wildman–Crippen MR) is 109 cm³/mol. The molecule has 2 fully saturated rings. The van der Waals surface area contributed by atoms with Crippen LogP contribution in [-0.2, 0) is 10.0 Å². The maximum absolute atomic E-state index is 12.9. The van der Waals surface area contributed by atoms with Gasteiger partial charge in [-0.15, -0.1) is 12.4 Å². The maximum atomic E-state index is 12.9. The van der Waals surface area contributed by atoms with E-state index in [-0.39, 0.29) is 35.3 Å². The van der Waals surface area contributed by atoms with Gasteiger partial charge in [0.2, 0.25) is 10.0 Å². The smallest absolute Gasteiger partial charge is 0.253 e. The van der Waals surface area contributed by atoms with E-state index in [1.54, 1.807) is 36.2 Å². The van der Waals surface area contributed by atoms with Crippen LogP contribution < -0.4 is 5.32 Å². The first kappa shape index (κ1) is 22.1. The van der Waals surface area contributed by atoms with E-state index in [9.17, 15) is 13.2 Å². The highest BCUT2D eigenvalue weighted by atomic mass is 35.5. The van der Waals surface area contributed by atoms with Crippen LogP contribution in [0.3, 0.4) is 0 Å². The van der Waals surface area contributed by atoms with E-state index >= 15 is 0 Å². The number of likely N-dealkylation sites (N-methyl/N-ethyl adjacent to an activating group) is 1. The predicted octanol–water partition coefficient (Wildman–Crippen LogP) is 2.50. The Morgan fingerprint density at radius 1 is 1.00 bits per heavy atom. The number of benzene rings is 1. The van der Waals surface area contributed by atoms with Gasteiger partial charge in [0.1, 0.15) is 0 Å². The molecule has 1 N–H and O–H groups in total. The van der Waals surface area contributed by atoms with Crippen LogP contribution in [0, 0.1) is 0 Å². The third-order valence-electron chi connectivity index (χ3n) is 5.77. The molecule has 0 aromatic heterocycles. The Kier molecular flexibility index (Phi) is 7.68. The highest BCUT2D eigenvalue weighted by molar-refractivity contribution is 7.89. The summed E-state index contributed by atoms with van der Waals surface area (Å²) in [6.07, 6.45) is 6.14. The number of carbonyl (C=O) groups excluding carboxylic acids is 1. The molecule has 2 aliphatic rings. The van der Waals surface area contributed by atoms with Gasteiger partial charge < -0.3 is 10.2 Å². The number of hydrogen-bond donors (Lipinski definition) is 1. The molecular formula is C19H30ClN3O3S. The molecule has 1 heterocycles. The fourth-order valence-electron chi connectivity index (χ4n) is 3.92. The SMILES string of the molecule is CN(C(=O)c1ccc(S(=O)(=O)N(C)C2CCCCC2)cc1)C1CCNC1.Cl. The van der Waals surface area contributed by atoms with Gasteiger partial charge in [-0.3, -0.25) is 4.79 Å². The molecule has 3 rings (SSSR count). The number of nitrogens with one attached hydrogen (secondary N) is 1. The fraction of sp³-hybridized carbons (Fsp3) is 0.632. The summed E-state index contributed by atoms with van der Waals surface area (Å²) in [6.45, 7) is 1.73. The molecule has 1 aromatic carbocycles. The van der Waals surface area contributed by atoms with Crippen molar-refractivity contribution in [3.8, 4) is 0 Å². The number of rotatable bonds is 5. The summed E-state index contributed by atoms with van der Waals surface area (Å²) >= 11 is 0. The molecule has 1 atom stereocenters. The van der Waals surface area contributed by atoms with Crippen molar-refractivity contribution in [2.24, 2.45) is 0 Å². The normalized spacial score (nSPS) is 21.1. The summed E-state index contributed by atoms with van der Waals surface area (Å²) in [5, 5.41) is 3.25. The summed E-state index contributed by atoms with van der Waals surface area (Å²) < 4.78 is 27.3. The molecule has 8 heteroatoms. The van der Waals surface area contributed by atoms with E-state index in [4.69, 9.17) is 0 Å². The number of carbonyl (C=O) groups is 1. The molecule has 0 radical (unpaired) electrons. The van der Waals surface area contributed by atoms with Crippen molar-refractivity contribution in [1.29, 1.82) is 0 Å². The van der Waals surface area contributed by atoms with E-state index in [1.165, 1.54) is 10.7 Å². The van der Waals surface area contributed by atoms with Gasteiger partial charge in [-0.2, -0.15) is 4.31 Å². The Hall–Kier alpha value is -1.15. The Morgan fingerprint density at radius 2 is 1.63 bits per heavy atom. The molecule has 6 nitrogen and oxygen atoms in total. The number of nitrogens with zero attached hydrogens (tertiary/aromatic N) is 2. The van der Waals surface area contributed by atoms with Crippen molar-refractivity contribution < 1.29 is 13.2 Å². The number of halogens is 1. The van der Waals surface area contributed by atoms with Crippen molar-refractivity contribution in [3.63, 3.8) is 0 Å². The van der Waals surface area contributed by atoms with Gasteiger partial charge in [0.25, 0.3) is 5.91 Å². The van der Waals surface area contributed by atoms with E-state index in [2.05, 4.69) is 5.32 Å². The standard InChI is InChI=1S/C19H29N3O3S.ClH/c1-21(17-12-13-20-14-17)19(23)15-8-10-18(11-9-15)26(24,25)22(2)16-6-4-3-5-7-16;/h8-11,16-17,20H,3-7,12-14H2,1-2H3;1H. The number of sulfonamides is 1. The average molecular weight is 416 g/mol. The second-order valence-corrected chi connectivity index (χ2v) is 9.40. The minimum Gasteiger partial charge on any atom is -0.337 e. The lowest BCUT2D eigenvalue weighted by molar-refractivity contribution is 0.0743. The van der Waals surface area contributed by atoms with Crippen molar-refractivity contribution in [2.45, 2.75) is 55.5 Å². The number of hydrogen-bond acceptors (Lipinski definition) is 4.